The molecular weight excluding hydrogens is 298 g/mol. The fraction of sp³-hybridized carbons (Fsp3) is 0.0476. The van der Waals surface area contributed by atoms with E-state index in [0.29, 0.717) is 22.4 Å². The van der Waals surface area contributed by atoms with E-state index in [0.717, 1.165) is 5.56 Å². The van der Waals surface area contributed by atoms with Crippen LogP contribution in [0.3, 0.4) is 0 Å². The number of amides is 1. The number of ketones is 1. The normalized spacial score (nSPS) is 10.2. The van der Waals surface area contributed by atoms with E-state index in [1.807, 2.05) is 37.3 Å². The molecule has 3 aromatic carbocycles. The average Bonchev–Trinajstić information content (AvgIpc) is 2.63. The second kappa shape index (κ2) is 6.92. The second-order valence-corrected chi connectivity index (χ2v) is 5.56. The zero-order valence-corrected chi connectivity index (χ0v) is 13.3. The fourth-order valence-electron chi connectivity index (χ4n) is 2.43. The first-order chi connectivity index (χ1) is 11.6. The van der Waals surface area contributed by atoms with Gasteiger partial charge in [0, 0.05) is 16.7 Å². The molecule has 118 valence electrons. The number of anilines is 1. The van der Waals surface area contributed by atoms with Crippen molar-refractivity contribution in [2.24, 2.45) is 0 Å². The lowest BCUT2D eigenvalue weighted by atomic mass is 10.0. The van der Waals surface area contributed by atoms with Crippen LogP contribution in [0.4, 0.5) is 5.69 Å². The summed E-state index contributed by atoms with van der Waals surface area (Å²) in [5, 5.41) is 2.84. The molecule has 0 aliphatic carbocycles. The molecule has 3 aromatic rings. The Morgan fingerprint density at radius 1 is 0.708 bits per heavy atom. The average molecular weight is 315 g/mol. The van der Waals surface area contributed by atoms with Crippen LogP contribution in [-0.2, 0) is 0 Å². The van der Waals surface area contributed by atoms with Gasteiger partial charge in [0.15, 0.2) is 5.78 Å². The van der Waals surface area contributed by atoms with Crippen molar-refractivity contribution in [2.45, 2.75) is 6.92 Å². The molecule has 0 aliphatic heterocycles. The number of carbonyl (C=O) groups is 2. The minimum Gasteiger partial charge on any atom is -0.321 e. The summed E-state index contributed by atoms with van der Waals surface area (Å²) in [5.74, 6) is -0.348. The Morgan fingerprint density at radius 2 is 1.33 bits per heavy atom. The summed E-state index contributed by atoms with van der Waals surface area (Å²) in [6.45, 7) is 1.97. The summed E-state index contributed by atoms with van der Waals surface area (Å²) in [5.41, 5.74) is 3.23. The number of rotatable bonds is 4. The van der Waals surface area contributed by atoms with Crippen molar-refractivity contribution in [2.75, 3.05) is 5.32 Å². The maximum Gasteiger partial charge on any atom is 0.255 e. The summed E-state index contributed by atoms with van der Waals surface area (Å²) in [6, 6.07) is 23.4. The van der Waals surface area contributed by atoms with Gasteiger partial charge in [-0.05, 0) is 31.2 Å². The predicted octanol–water partition coefficient (Wildman–Crippen LogP) is 4.48. The van der Waals surface area contributed by atoms with Crippen LogP contribution in [0, 0.1) is 6.92 Å². The molecule has 3 nitrogen and oxygen atoms in total. The molecule has 0 unspecified atom stereocenters. The zero-order chi connectivity index (χ0) is 16.9. The van der Waals surface area contributed by atoms with Crippen LogP contribution in [0.5, 0.6) is 0 Å². The first kappa shape index (κ1) is 15.7. The van der Waals surface area contributed by atoms with Gasteiger partial charge >= 0.3 is 0 Å². The van der Waals surface area contributed by atoms with Gasteiger partial charge in [-0.3, -0.25) is 9.59 Å². The quantitative estimate of drug-likeness (QED) is 0.722. The van der Waals surface area contributed by atoms with E-state index < -0.39 is 0 Å². The zero-order valence-electron chi connectivity index (χ0n) is 13.3. The van der Waals surface area contributed by atoms with Crippen LogP contribution >= 0.6 is 0 Å². The lowest BCUT2D eigenvalue weighted by Crippen LogP contribution is -2.15. The van der Waals surface area contributed by atoms with Gasteiger partial charge in [-0.25, -0.2) is 0 Å². The topological polar surface area (TPSA) is 46.2 Å². The second-order valence-electron chi connectivity index (χ2n) is 5.56. The molecule has 0 bridgehead atoms. The number of benzene rings is 3. The number of aryl methyl sites for hydroxylation is 1. The van der Waals surface area contributed by atoms with E-state index in [-0.39, 0.29) is 11.7 Å². The third kappa shape index (κ3) is 3.41. The lowest BCUT2D eigenvalue weighted by Gasteiger charge is -2.10. The van der Waals surface area contributed by atoms with Gasteiger partial charge in [0.05, 0.1) is 5.69 Å². The Labute approximate surface area is 141 Å². The van der Waals surface area contributed by atoms with Crippen LogP contribution in [0.2, 0.25) is 0 Å². The van der Waals surface area contributed by atoms with Gasteiger partial charge in [-0.2, -0.15) is 0 Å². The van der Waals surface area contributed by atoms with Crippen LogP contribution in [-0.4, -0.2) is 11.7 Å². The molecule has 0 radical (unpaired) electrons. The highest BCUT2D eigenvalue weighted by atomic mass is 16.1. The van der Waals surface area contributed by atoms with Gasteiger partial charge in [0.2, 0.25) is 0 Å². The Hall–Kier alpha value is -3.20. The Morgan fingerprint density at radius 3 is 2.04 bits per heavy atom. The van der Waals surface area contributed by atoms with Gasteiger partial charge in [-0.1, -0.05) is 60.2 Å². The smallest absolute Gasteiger partial charge is 0.255 e. The SMILES string of the molecule is Cc1ccc(C(=O)Nc2ccccc2C(=O)c2ccccc2)cc1. The maximum absolute atomic E-state index is 12.7. The lowest BCUT2D eigenvalue weighted by molar-refractivity contribution is 0.102. The minimum absolute atomic E-state index is 0.115. The van der Waals surface area contributed by atoms with Crippen molar-refractivity contribution in [3.05, 3.63) is 101 Å². The summed E-state index contributed by atoms with van der Waals surface area (Å²) < 4.78 is 0. The molecule has 1 N–H and O–H groups in total. The molecule has 0 spiro atoms. The summed E-state index contributed by atoms with van der Waals surface area (Å²) in [4.78, 5) is 25.1. The number of carbonyl (C=O) groups excluding carboxylic acids is 2. The molecular formula is C21H17NO2. The fourth-order valence-corrected chi connectivity index (χ4v) is 2.43. The highest BCUT2D eigenvalue weighted by molar-refractivity contribution is 6.15. The largest absolute Gasteiger partial charge is 0.321 e. The molecule has 0 atom stereocenters. The first-order valence-corrected chi connectivity index (χ1v) is 7.72. The molecule has 0 heterocycles. The molecule has 0 aromatic heterocycles. The molecule has 24 heavy (non-hydrogen) atoms. The molecule has 0 aliphatic rings. The van der Waals surface area contributed by atoms with Crippen molar-refractivity contribution in [1.29, 1.82) is 0 Å². The van der Waals surface area contributed by atoms with E-state index in [4.69, 9.17) is 0 Å². The molecule has 3 rings (SSSR count). The van der Waals surface area contributed by atoms with Crippen LogP contribution in [0.25, 0.3) is 0 Å². The molecule has 0 saturated heterocycles. The van der Waals surface area contributed by atoms with Gasteiger partial charge in [0.1, 0.15) is 0 Å². The van der Waals surface area contributed by atoms with E-state index >= 15 is 0 Å². The Bertz CT molecular complexity index is 868. The van der Waals surface area contributed by atoms with E-state index in [2.05, 4.69) is 5.32 Å². The van der Waals surface area contributed by atoms with Gasteiger partial charge in [0.25, 0.3) is 5.91 Å². The Balaban J connectivity index is 1.88. The Kier molecular flexibility index (Phi) is 4.52. The predicted molar refractivity (Wildman–Crippen MR) is 95.4 cm³/mol. The summed E-state index contributed by atoms with van der Waals surface area (Å²) in [7, 11) is 0. The minimum atomic E-state index is -0.233. The van der Waals surface area contributed by atoms with Crippen molar-refractivity contribution in [1.82, 2.24) is 0 Å². The molecule has 3 heteroatoms. The van der Waals surface area contributed by atoms with Crippen molar-refractivity contribution >= 4 is 17.4 Å². The molecule has 0 saturated carbocycles. The summed E-state index contributed by atoms with van der Waals surface area (Å²) >= 11 is 0. The number of nitrogens with one attached hydrogen (secondary N) is 1. The first-order valence-electron chi connectivity index (χ1n) is 7.72. The monoisotopic (exact) mass is 315 g/mol. The molecule has 0 fully saturated rings. The van der Waals surface area contributed by atoms with E-state index in [9.17, 15) is 9.59 Å². The molecule has 1 amide bonds. The van der Waals surface area contributed by atoms with Crippen LogP contribution < -0.4 is 5.32 Å². The van der Waals surface area contributed by atoms with Gasteiger partial charge < -0.3 is 5.32 Å². The van der Waals surface area contributed by atoms with Crippen LogP contribution in [0.15, 0.2) is 78.9 Å². The number of para-hydroxylation sites is 1. The number of hydrogen-bond donors (Lipinski definition) is 1. The van der Waals surface area contributed by atoms with Crippen molar-refractivity contribution in [3.8, 4) is 0 Å². The highest BCUT2D eigenvalue weighted by Gasteiger charge is 2.15. The third-order valence-corrected chi connectivity index (χ3v) is 3.77. The van der Waals surface area contributed by atoms with Crippen molar-refractivity contribution in [3.63, 3.8) is 0 Å². The standard InChI is InChI=1S/C21H17NO2/c1-15-11-13-17(14-12-15)21(24)22-19-10-6-5-9-18(19)20(23)16-7-3-2-4-8-16/h2-14H,1H3,(H,22,24). The van der Waals surface area contributed by atoms with E-state index in [1.54, 1.807) is 48.5 Å². The van der Waals surface area contributed by atoms with Crippen molar-refractivity contribution < 1.29 is 9.59 Å². The maximum atomic E-state index is 12.7. The van der Waals surface area contributed by atoms with Crippen LogP contribution in [0.1, 0.15) is 31.8 Å². The van der Waals surface area contributed by atoms with Gasteiger partial charge in [-0.15, -0.1) is 0 Å². The van der Waals surface area contributed by atoms with E-state index in [1.165, 1.54) is 0 Å². The summed E-state index contributed by atoms with van der Waals surface area (Å²) in [6.07, 6.45) is 0. The third-order valence-electron chi connectivity index (χ3n) is 3.77. The number of hydrogen-bond acceptors (Lipinski definition) is 2. The highest BCUT2D eigenvalue weighted by Crippen LogP contribution is 2.20.